The molecular formula is C12H27NO. The number of nitrogens with one attached hydrogen (secondary N) is 1. The summed E-state index contributed by atoms with van der Waals surface area (Å²) in [7, 11) is 1.82. The Morgan fingerprint density at radius 1 is 1.29 bits per heavy atom. The molecule has 0 aromatic heterocycles. The van der Waals surface area contributed by atoms with Crippen LogP contribution in [-0.4, -0.2) is 25.3 Å². The summed E-state index contributed by atoms with van der Waals surface area (Å²) < 4.78 is 5.66. The molecule has 0 aromatic rings. The van der Waals surface area contributed by atoms with Gasteiger partial charge in [0.05, 0.1) is 5.60 Å². The Hall–Kier alpha value is -0.0800. The van der Waals surface area contributed by atoms with Crippen LogP contribution >= 0.6 is 0 Å². The Balaban J connectivity index is 4.59. The smallest absolute Gasteiger partial charge is 0.0802 e. The Bertz CT molecular complexity index is 143. The molecule has 0 bridgehead atoms. The van der Waals surface area contributed by atoms with E-state index in [0.717, 1.165) is 13.0 Å². The highest BCUT2D eigenvalue weighted by atomic mass is 16.5. The van der Waals surface area contributed by atoms with E-state index >= 15 is 0 Å². The van der Waals surface area contributed by atoms with Gasteiger partial charge in [0.15, 0.2) is 0 Å². The molecule has 14 heavy (non-hydrogen) atoms. The van der Waals surface area contributed by atoms with Crippen molar-refractivity contribution in [3.8, 4) is 0 Å². The highest BCUT2D eigenvalue weighted by Gasteiger charge is 2.34. The first-order valence-corrected chi connectivity index (χ1v) is 5.84. The Morgan fingerprint density at radius 2 is 1.86 bits per heavy atom. The van der Waals surface area contributed by atoms with Gasteiger partial charge in [-0.2, -0.15) is 0 Å². The van der Waals surface area contributed by atoms with Crippen molar-refractivity contribution in [3.05, 3.63) is 0 Å². The summed E-state index contributed by atoms with van der Waals surface area (Å²) in [6.45, 7) is 12.1. The maximum atomic E-state index is 5.66. The summed E-state index contributed by atoms with van der Waals surface area (Å²) in [5, 5.41) is 3.55. The first kappa shape index (κ1) is 13.9. The minimum Gasteiger partial charge on any atom is -0.377 e. The summed E-state index contributed by atoms with van der Waals surface area (Å²) in [5.74, 6) is 0.653. The van der Waals surface area contributed by atoms with Crippen LogP contribution in [0.1, 0.15) is 47.5 Å². The second-order valence-corrected chi connectivity index (χ2v) is 4.29. The van der Waals surface area contributed by atoms with Crippen LogP contribution in [0.2, 0.25) is 0 Å². The van der Waals surface area contributed by atoms with Gasteiger partial charge in [-0.1, -0.05) is 34.1 Å². The average molecular weight is 201 g/mol. The second-order valence-electron chi connectivity index (χ2n) is 4.29. The lowest BCUT2D eigenvalue weighted by atomic mass is 9.83. The number of hydrogen-bond acceptors (Lipinski definition) is 2. The van der Waals surface area contributed by atoms with Crippen LogP contribution in [0.15, 0.2) is 0 Å². The third kappa shape index (κ3) is 3.25. The fourth-order valence-electron chi connectivity index (χ4n) is 1.97. The molecule has 0 spiro atoms. The van der Waals surface area contributed by atoms with E-state index < -0.39 is 0 Å². The molecule has 0 amide bonds. The summed E-state index contributed by atoms with van der Waals surface area (Å²) in [6.07, 6.45) is 2.24. The van der Waals surface area contributed by atoms with Crippen LogP contribution in [0.4, 0.5) is 0 Å². The molecule has 2 heteroatoms. The minimum atomic E-state index is -0.0363. The van der Waals surface area contributed by atoms with Gasteiger partial charge in [-0.3, -0.25) is 0 Å². The molecule has 3 atom stereocenters. The van der Waals surface area contributed by atoms with Crippen molar-refractivity contribution in [1.82, 2.24) is 5.32 Å². The average Bonchev–Trinajstić information content (AvgIpc) is 2.23. The molecule has 0 rings (SSSR count). The zero-order valence-electron chi connectivity index (χ0n) is 10.7. The number of ether oxygens (including phenoxy) is 1. The molecule has 0 aliphatic carbocycles. The highest BCUT2D eigenvalue weighted by molar-refractivity contribution is 4.91. The minimum absolute atomic E-state index is 0.0363. The zero-order valence-corrected chi connectivity index (χ0v) is 10.7. The molecule has 0 aromatic carbocycles. The Morgan fingerprint density at radius 3 is 2.14 bits per heavy atom. The molecule has 86 valence electrons. The van der Waals surface area contributed by atoms with E-state index in [2.05, 4.69) is 39.9 Å². The van der Waals surface area contributed by atoms with E-state index in [1.54, 1.807) is 0 Å². The van der Waals surface area contributed by atoms with Crippen molar-refractivity contribution >= 4 is 0 Å². The van der Waals surface area contributed by atoms with Gasteiger partial charge in [-0.05, 0) is 25.8 Å². The lowest BCUT2D eigenvalue weighted by Gasteiger charge is -2.39. The van der Waals surface area contributed by atoms with Crippen LogP contribution in [-0.2, 0) is 4.74 Å². The van der Waals surface area contributed by atoms with Crippen LogP contribution in [0.3, 0.4) is 0 Å². The topological polar surface area (TPSA) is 21.3 Å². The summed E-state index contributed by atoms with van der Waals surface area (Å²) in [5.41, 5.74) is -0.0363. The third-order valence-corrected chi connectivity index (χ3v) is 3.46. The number of methoxy groups -OCH3 is 1. The zero-order chi connectivity index (χ0) is 11.2. The summed E-state index contributed by atoms with van der Waals surface area (Å²) in [4.78, 5) is 0. The van der Waals surface area contributed by atoms with E-state index in [4.69, 9.17) is 4.74 Å². The maximum absolute atomic E-state index is 5.66. The molecule has 3 unspecified atom stereocenters. The fraction of sp³-hybridized carbons (Fsp3) is 1.00. The van der Waals surface area contributed by atoms with E-state index in [1.165, 1.54) is 6.42 Å². The van der Waals surface area contributed by atoms with Crippen LogP contribution in [0.5, 0.6) is 0 Å². The molecule has 0 aliphatic rings. The molecule has 0 saturated carbocycles. The van der Waals surface area contributed by atoms with Crippen LogP contribution in [0, 0.1) is 5.92 Å². The van der Waals surface area contributed by atoms with Crippen molar-refractivity contribution in [1.29, 1.82) is 0 Å². The predicted molar refractivity (Wildman–Crippen MR) is 62.6 cm³/mol. The van der Waals surface area contributed by atoms with Crippen molar-refractivity contribution in [2.24, 2.45) is 5.92 Å². The molecule has 0 aliphatic heterocycles. The lowest BCUT2D eigenvalue weighted by Crippen LogP contribution is -2.53. The normalized spacial score (nSPS) is 20.1. The third-order valence-electron chi connectivity index (χ3n) is 3.46. The molecule has 0 radical (unpaired) electrons. The summed E-state index contributed by atoms with van der Waals surface area (Å²) >= 11 is 0. The summed E-state index contributed by atoms with van der Waals surface area (Å²) in [6, 6.07) is 0.451. The number of hydrogen-bond donors (Lipinski definition) is 1. The molecule has 0 heterocycles. The van der Waals surface area contributed by atoms with Gasteiger partial charge in [-0.15, -0.1) is 0 Å². The quantitative estimate of drug-likeness (QED) is 0.684. The first-order chi connectivity index (χ1) is 6.55. The van der Waals surface area contributed by atoms with E-state index in [9.17, 15) is 0 Å². The number of rotatable bonds is 7. The van der Waals surface area contributed by atoms with Crippen LogP contribution < -0.4 is 5.32 Å². The number of likely N-dealkylation sites (N-methyl/N-ethyl adjacent to an activating group) is 1. The van der Waals surface area contributed by atoms with Crippen molar-refractivity contribution in [2.45, 2.75) is 59.1 Å². The van der Waals surface area contributed by atoms with Gasteiger partial charge in [-0.25, -0.2) is 0 Å². The van der Waals surface area contributed by atoms with E-state index in [0.29, 0.717) is 12.0 Å². The van der Waals surface area contributed by atoms with Gasteiger partial charge in [0.25, 0.3) is 0 Å². The highest BCUT2D eigenvalue weighted by Crippen LogP contribution is 2.26. The van der Waals surface area contributed by atoms with Crippen molar-refractivity contribution in [3.63, 3.8) is 0 Å². The molecule has 0 saturated heterocycles. The molecule has 0 fully saturated rings. The van der Waals surface area contributed by atoms with E-state index in [-0.39, 0.29) is 5.60 Å². The standard InChI is InChI=1S/C12H27NO/c1-7-10(4)11(13-9-3)12(5,8-2)14-6/h10-11,13H,7-9H2,1-6H3. The van der Waals surface area contributed by atoms with Crippen molar-refractivity contribution < 1.29 is 4.74 Å². The van der Waals surface area contributed by atoms with E-state index in [1.807, 2.05) is 7.11 Å². The predicted octanol–water partition coefficient (Wildman–Crippen LogP) is 2.83. The maximum Gasteiger partial charge on any atom is 0.0802 e. The van der Waals surface area contributed by atoms with Gasteiger partial charge in [0.2, 0.25) is 0 Å². The SMILES string of the molecule is CCNC(C(C)CC)C(C)(CC)OC. The van der Waals surface area contributed by atoms with Gasteiger partial charge in [0.1, 0.15) is 0 Å². The fourth-order valence-corrected chi connectivity index (χ4v) is 1.97. The Kier molecular flexibility index (Phi) is 6.38. The second kappa shape index (κ2) is 6.41. The molecule has 2 nitrogen and oxygen atoms in total. The van der Waals surface area contributed by atoms with Gasteiger partial charge in [0, 0.05) is 13.2 Å². The van der Waals surface area contributed by atoms with Crippen molar-refractivity contribution in [2.75, 3.05) is 13.7 Å². The lowest BCUT2D eigenvalue weighted by molar-refractivity contribution is -0.0433. The molecule has 1 N–H and O–H groups in total. The van der Waals surface area contributed by atoms with Gasteiger partial charge < -0.3 is 10.1 Å². The van der Waals surface area contributed by atoms with Gasteiger partial charge >= 0.3 is 0 Å². The molecular weight excluding hydrogens is 174 g/mol. The largest absolute Gasteiger partial charge is 0.377 e. The van der Waals surface area contributed by atoms with Crippen LogP contribution in [0.25, 0.3) is 0 Å². The monoisotopic (exact) mass is 201 g/mol. The Labute approximate surface area is 89.4 Å². The first-order valence-electron chi connectivity index (χ1n) is 5.84.